The molecule has 1 N–H and O–H groups in total. The lowest BCUT2D eigenvalue weighted by atomic mass is 10.2. The summed E-state index contributed by atoms with van der Waals surface area (Å²) in [5.41, 5.74) is 1.77. The van der Waals surface area contributed by atoms with Gasteiger partial charge in [-0.05, 0) is 61.9 Å². The van der Waals surface area contributed by atoms with Crippen LogP contribution in [0.2, 0.25) is 0 Å². The maximum absolute atomic E-state index is 12.5. The number of hydrogen-bond donors (Lipinski definition) is 1. The highest BCUT2D eigenvalue weighted by molar-refractivity contribution is 9.10. The second-order valence-electron chi connectivity index (χ2n) is 6.97. The number of nitrogens with one attached hydrogen (secondary N) is 1. The van der Waals surface area contributed by atoms with Crippen molar-refractivity contribution in [1.82, 2.24) is 14.8 Å². The molecular weight excluding hydrogens is 492 g/mol. The summed E-state index contributed by atoms with van der Waals surface area (Å²) in [5.74, 6) is 2.21. The Bertz CT molecular complexity index is 1090. The van der Waals surface area contributed by atoms with Crippen molar-refractivity contribution in [2.75, 3.05) is 18.2 Å². The van der Waals surface area contributed by atoms with Crippen molar-refractivity contribution in [3.63, 3.8) is 0 Å². The molecule has 0 radical (unpaired) electrons. The van der Waals surface area contributed by atoms with Gasteiger partial charge in [0.25, 0.3) is 0 Å². The van der Waals surface area contributed by atoms with Crippen molar-refractivity contribution < 1.29 is 14.3 Å². The SMILES string of the molecule is C=CCn1c(SCC(=O)Nc2ccc(Br)cc2C)nnc1C(C)Oc1ccc(OC)cc1. The quantitative estimate of drug-likeness (QED) is 0.286. The van der Waals surface area contributed by atoms with Crippen molar-refractivity contribution in [1.29, 1.82) is 0 Å². The van der Waals surface area contributed by atoms with Gasteiger partial charge in [0, 0.05) is 16.7 Å². The third kappa shape index (κ3) is 6.14. The zero-order valence-electron chi connectivity index (χ0n) is 18.2. The first-order chi connectivity index (χ1) is 15.4. The molecule has 0 saturated carbocycles. The average molecular weight is 517 g/mol. The second kappa shape index (κ2) is 11.2. The van der Waals surface area contributed by atoms with E-state index in [2.05, 4.69) is 38.0 Å². The Kier molecular flexibility index (Phi) is 8.35. The number of thioether (sulfide) groups is 1. The lowest BCUT2D eigenvalue weighted by Gasteiger charge is -2.16. The molecule has 9 heteroatoms. The minimum absolute atomic E-state index is 0.113. The summed E-state index contributed by atoms with van der Waals surface area (Å²) < 4.78 is 14.1. The van der Waals surface area contributed by atoms with Gasteiger partial charge in [0.05, 0.1) is 12.9 Å². The number of amides is 1. The lowest BCUT2D eigenvalue weighted by molar-refractivity contribution is -0.113. The van der Waals surface area contributed by atoms with Crippen LogP contribution in [0.4, 0.5) is 5.69 Å². The van der Waals surface area contributed by atoms with Gasteiger partial charge in [0.1, 0.15) is 11.5 Å². The average Bonchev–Trinajstić information content (AvgIpc) is 3.18. The van der Waals surface area contributed by atoms with Gasteiger partial charge in [-0.1, -0.05) is 33.8 Å². The standard InChI is InChI=1S/C23H25BrN4O3S/c1-5-12-28-22(16(3)31-19-9-7-18(30-4)8-10-19)26-27-23(28)32-14-21(29)25-20-11-6-17(24)13-15(20)2/h5-11,13,16H,1,12,14H2,2-4H3,(H,25,29). The van der Waals surface area contributed by atoms with Crippen LogP contribution in [0.25, 0.3) is 0 Å². The zero-order valence-corrected chi connectivity index (χ0v) is 20.6. The molecule has 1 atom stereocenters. The van der Waals surface area contributed by atoms with E-state index in [0.717, 1.165) is 21.5 Å². The molecule has 0 fully saturated rings. The molecule has 1 amide bonds. The van der Waals surface area contributed by atoms with Gasteiger partial charge in [-0.2, -0.15) is 0 Å². The number of methoxy groups -OCH3 is 1. The number of aryl methyl sites for hydroxylation is 1. The van der Waals surface area contributed by atoms with Crippen LogP contribution in [0.15, 0.2) is 64.7 Å². The molecule has 3 rings (SSSR count). The van der Waals surface area contributed by atoms with Crippen molar-refractivity contribution in [3.05, 3.63) is 71.0 Å². The minimum Gasteiger partial charge on any atom is -0.497 e. The number of aromatic nitrogens is 3. The first-order valence-electron chi connectivity index (χ1n) is 9.94. The Balaban J connectivity index is 1.66. The van der Waals surface area contributed by atoms with Gasteiger partial charge in [-0.3, -0.25) is 9.36 Å². The predicted octanol–water partition coefficient (Wildman–Crippen LogP) is 5.41. The van der Waals surface area contributed by atoms with E-state index >= 15 is 0 Å². The summed E-state index contributed by atoms with van der Waals surface area (Å²) in [6.45, 7) is 8.19. The van der Waals surface area contributed by atoms with Gasteiger partial charge in [-0.25, -0.2) is 0 Å². The van der Waals surface area contributed by atoms with E-state index in [1.165, 1.54) is 11.8 Å². The lowest BCUT2D eigenvalue weighted by Crippen LogP contribution is -2.16. The molecule has 7 nitrogen and oxygen atoms in total. The van der Waals surface area contributed by atoms with E-state index in [0.29, 0.717) is 23.3 Å². The summed E-state index contributed by atoms with van der Waals surface area (Å²) in [4.78, 5) is 12.5. The Hall–Kier alpha value is -2.78. The van der Waals surface area contributed by atoms with E-state index in [4.69, 9.17) is 9.47 Å². The number of ether oxygens (including phenoxy) is 2. The number of nitrogens with zero attached hydrogens (tertiary/aromatic N) is 3. The molecule has 0 spiro atoms. The van der Waals surface area contributed by atoms with Crippen LogP contribution >= 0.6 is 27.7 Å². The van der Waals surface area contributed by atoms with E-state index in [9.17, 15) is 4.79 Å². The van der Waals surface area contributed by atoms with E-state index in [1.807, 2.05) is 60.9 Å². The molecule has 2 aromatic carbocycles. The van der Waals surface area contributed by atoms with Crippen LogP contribution in [0.5, 0.6) is 11.5 Å². The molecule has 0 aliphatic heterocycles. The number of carbonyl (C=O) groups excluding carboxylic acids is 1. The molecule has 0 aliphatic rings. The Morgan fingerprint density at radius 3 is 2.62 bits per heavy atom. The molecule has 168 valence electrons. The first-order valence-corrected chi connectivity index (χ1v) is 11.7. The van der Waals surface area contributed by atoms with E-state index < -0.39 is 0 Å². The van der Waals surface area contributed by atoms with E-state index in [-0.39, 0.29) is 17.8 Å². The Morgan fingerprint density at radius 2 is 1.97 bits per heavy atom. The maximum Gasteiger partial charge on any atom is 0.234 e. The van der Waals surface area contributed by atoms with Crippen LogP contribution in [-0.4, -0.2) is 33.5 Å². The van der Waals surface area contributed by atoms with Gasteiger partial charge in [0.2, 0.25) is 5.91 Å². The normalized spacial score (nSPS) is 11.6. The summed E-state index contributed by atoms with van der Waals surface area (Å²) in [6, 6.07) is 13.1. The number of benzene rings is 2. The largest absolute Gasteiger partial charge is 0.497 e. The molecule has 1 heterocycles. The van der Waals surface area contributed by atoms with E-state index in [1.54, 1.807) is 13.2 Å². The third-order valence-corrected chi connectivity index (χ3v) is 6.05. The smallest absolute Gasteiger partial charge is 0.234 e. The van der Waals surface area contributed by atoms with Gasteiger partial charge < -0.3 is 14.8 Å². The molecule has 32 heavy (non-hydrogen) atoms. The van der Waals surface area contributed by atoms with Crippen molar-refractivity contribution in [2.45, 2.75) is 31.7 Å². The number of allylic oxidation sites excluding steroid dienone is 1. The molecule has 1 unspecified atom stereocenters. The highest BCUT2D eigenvalue weighted by Crippen LogP contribution is 2.26. The van der Waals surface area contributed by atoms with Crippen LogP contribution in [0, 0.1) is 6.92 Å². The topological polar surface area (TPSA) is 78.3 Å². The highest BCUT2D eigenvalue weighted by atomic mass is 79.9. The molecule has 0 saturated heterocycles. The number of carbonyl (C=O) groups is 1. The maximum atomic E-state index is 12.5. The summed E-state index contributed by atoms with van der Waals surface area (Å²) in [5, 5.41) is 12.2. The fraction of sp³-hybridized carbons (Fsp3) is 0.261. The van der Waals surface area contributed by atoms with Crippen LogP contribution < -0.4 is 14.8 Å². The van der Waals surface area contributed by atoms with Crippen LogP contribution in [0.3, 0.4) is 0 Å². The molecule has 1 aromatic heterocycles. The summed E-state index contributed by atoms with van der Waals surface area (Å²) >= 11 is 4.75. The Labute approximate surface area is 200 Å². The minimum atomic E-state index is -0.343. The van der Waals surface area contributed by atoms with Gasteiger partial charge >= 0.3 is 0 Å². The Morgan fingerprint density at radius 1 is 1.25 bits per heavy atom. The third-order valence-electron chi connectivity index (χ3n) is 4.59. The molecular formula is C23H25BrN4O3S. The van der Waals surface area contributed by atoms with Gasteiger partial charge in [-0.15, -0.1) is 16.8 Å². The highest BCUT2D eigenvalue weighted by Gasteiger charge is 2.20. The number of halogens is 1. The second-order valence-corrected chi connectivity index (χ2v) is 8.83. The summed E-state index contributed by atoms with van der Waals surface area (Å²) in [7, 11) is 1.62. The van der Waals surface area contributed by atoms with Crippen molar-refractivity contribution >= 4 is 39.3 Å². The first kappa shape index (κ1) is 23.9. The van der Waals surface area contributed by atoms with Crippen LogP contribution in [-0.2, 0) is 11.3 Å². The number of hydrogen-bond acceptors (Lipinski definition) is 6. The summed E-state index contributed by atoms with van der Waals surface area (Å²) in [6.07, 6.45) is 1.42. The zero-order chi connectivity index (χ0) is 23.1. The fourth-order valence-corrected chi connectivity index (χ4v) is 4.23. The molecule has 0 bridgehead atoms. The fourth-order valence-electron chi connectivity index (χ4n) is 3.00. The monoisotopic (exact) mass is 516 g/mol. The molecule has 0 aliphatic carbocycles. The molecule has 3 aromatic rings. The van der Waals surface area contributed by atoms with Crippen LogP contribution in [0.1, 0.15) is 24.4 Å². The van der Waals surface area contributed by atoms with Gasteiger partial charge in [0.15, 0.2) is 17.1 Å². The van der Waals surface area contributed by atoms with Crippen molar-refractivity contribution in [2.24, 2.45) is 0 Å². The number of rotatable bonds is 10. The predicted molar refractivity (Wildman–Crippen MR) is 130 cm³/mol. The number of anilines is 1. The van der Waals surface area contributed by atoms with Crippen molar-refractivity contribution in [3.8, 4) is 11.5 Å².